The SMILES string of the molecule is COC(=O)[C@H](CC(C)C)NC(=O)[C@H](CCC(=O)OC(C)(C)C)NC(=O)[C@H](CSC(c1ccccc1)(c1ccccc1)c1ccccc1)NC(=O)CNC(=O)[C@H](CC(=O)OC(C)(C)C)NC(=O)[C@H](CCSC)NC=O. The van der Waals surface area contributed by atoms with E-state index in [2.05, 4.69) is 31.9 Å². The van der Waals surface area contributed by atoms with Crippen LogP contribution in [0, 0.1) is 5.92 Å². The maximum absolute atomic E-state index is 14.9. The van der Waals surface area contributed by atoms with Gasteiger partial charge in [0.2, 0.25) is 35.9 Å². The van der Waals surface area contributed by atoms with Crippen LogP contribution in [0.25, 0.3) is 0 Å². The number of benzene rings is 3. The normalized spacial score (nSPS) is 13.6. The summed E-state index contributed by atoms with van der Waals surface area (Å²) in [7, 11) is 1.19. The maximum Gasteiger partial charge on any atom is 0.328 e. The van der Waals surface area contributed by atoms with Gasteiger partial charge in [-0.1, -0.05) is 105 Å². The monoisotopic (exact) mass is 1060 g/mol. The number of amides is 6. The third kappa shape index (κ3) is 20.8. The molecule has 74 heavy (non-hydrogen) atoms. The number of carbonyl (C=O) groups excluding carboxylic acids is 9. The molecule has 0 radical (unpaired) electrons. The predicted molar refractivity (Wildman–Crippen MR) is 285 cm³/mol. The van der Waals surface area contributed by atoms with Crippen LogP contribution >= 0.6 is 23.5 Å². The quantitative estimate of drug-likeness (QED) is 0.0239. The number of hydrogen-bond donors (Lipinski definition) is 6. The van der Waals surface area contributed by atoms with Crippen molar-refractivity contribution in [1.29, 1.82) is 0 Å². The predicted octanol–water partition coefficient (Wildman–Crippen LogP) is 4.71. The molecule has 3 aromatic rings. The Morgan fingerprint density at radius 1 is 0.595 bits per heavy atom. The summed E-state index contributed by atoms with van der Waals surface area (Å²) < 4.78 is 14.9. The van der Waals surface area contributed by atoms with Crippen molar-refractivity contribution in [2.24, 2.45) is 5.92 Å². The fourth-order valence-corrected chi connectivity index (χ4v) is 9.66. The van der Waals surface area contributed by atoms with E-state index in [1.165, 1.54) is 30.6 Å². The van der Waals surface area contributed by atoms with E-state index in [9.17, 15) is 43.2 Å². The first kappa shape index (κ1) is 61.9. The molecule has 0 heterocycles. The Hall–Kier alpha value is -6.41. The van der Waals surface area contributed by atoms with Gasteiger partial charge >= 0.3 is 17.9 Å². The van der Waals surface area contributed by atoms with E-state index >= 15 is 0 Å². The molecular weight excluding hydrogens is 989 g/mol. The lowest BCUT2D eigenvalue weighted by molar-refractivity contribution is -0.157. The molecule has 0 aliphatic rings. The van der Waals surface area contributed by atoms with Crippen molar-refractivity contribution in [2.75, 3.05) is 31.4 Å². The van der Waals surface area contributed by atoms with Gasteiger partial charge in [0.05, 0.1) is 24.8 Å². The molecular formula is C54H74N6O12S2. The zero-order valence-electron chi connectivity index (χ0n) is 44.1. The second-order valence-corrected chi connectivity index (χ2v) is 22.0. The van der Waals surface area contributed by atoms with Crippen molar-refractivity contribution in [1.82, 2.24) is 31.9 Å². The molecule has 0 bridgehead atoms. The first-order chi connectivity index (χ1) is 34.9. The molecule has 6 N–H and O–H groups in total. The fourth-order valence-electron chi connectivity index (χ4n) is 7.63. The van der Waals surface area contributed by atoms with Gasteiger partial charge in [0, 0.05) is 12.2 Å². The first-order valence-electron chi connectivity index (χ1n) is 24.4. The lowest BCUT2D eigenvalue weighted by Gasteiger charge is -2.36. The minimum absolute atomic E-state index is 0.0596. The van der Waals surface area contributed by atoms with Crippen molar-refractivity contribution in [3.05, 3.63) is 108 Å². The highest BCUT2D eigenvalue weighted by Crippen LogP contribution is 2.48. The topological polar surface area (TPSA) is 253 Å². The van der Waals surface area contributed by atoms with E-state index in [-0.39, 0.29) is 37.4 Å². The van der Waals surface area contributed by atoms with Crippen LogP contribution in [-0.4, -0.2) is 127 Å². The van der Waals surface area contributed by atoms with Crippen LogP contribution in [0.2, 0.25) is 0 Å². The van der Waals surface area contributed by atoms with Gasteiger partial charge in [-0.2, -0.15) is 11.8 Å². The van der Waals surface area contributed by atoms with Crippen molar-refractivity contribution >= 4 is 77.4 Å². The standard InChI is InChI=1S/C54H74N6O12S2/c1-35(2)30-42(51(69)70-9)60-49(67)40(26-27-45(63)71-52(3,4)5)58-50(68)43(33-74-54(36-20-14-11-15-21-36,37-22-16-12-17-23-37)38-24-18-13-19-25-38)57-44(62)32-55-47(65)41(31-46(64)72-53(6,7)8)59-48(66)39(56-34-61)28-29-73-10/h11-25,34-35,39-43H,26-33H2,1-10H3,(H,55,65)(H,56,61)(H,57,62)(H,58,68)(H,59,66)(H,60,67)/t39-,40-,41-,42-,43-/m0/s1. The van der Waals surface area contributed by atoms with E-state index in [4.69, 9.17) is 14.2 Å². The summed E-state index contributed by atoms with van der Waals surface area (Å²) in [5.41, 5.74) is 0.713. The van der Waals surface area contributed by atoms with Crippen molar-refractivity contribution in [3.63, 3.8) is 0 Å². The number of nitrogens with one attached hydrogen (secondary N) is 6. The molecule has 0 fully saturated rings. The molecule has 0 unspecified atom stereocenters. The van der Waals surface area contributed by atoms with Crippen molar-refractivity contribution in [2.45, 2.75) is 134 Å². The summed E-state index contributed by atoms with van der Waals surface area (Å²) in [5.74, 6) is -6.13. The fraction of sp³-hybridized carbons (Fsp3) is 0.500. The summed E-state index contributed by atoms with van der Waals surface area (Å²) in [6.45, 7) is 12.9. The Labute approximate surface area is 443 Å². The van der Waals surface area contributed by atoms with Gasteiger partial charge in [-0.15, -0.1) is 11.8 Å². The second kappa shape index (κ2) is 30.1. The molecule has 18 nitrogen and oxygen atoms in total. The summed E-state index contributed by atoms with van der Waals surface area (Å²) >= 11 is 2.75. The minimum atomic E-state index is -1.55. The van der Waals surface area contributed by atoms with E-state index < -0.39 is 107 Å². The molecule has 20 heteroatoms. The minimum Gasteiger partial charge on any atom is -0.467 e. The lowest BCUT2D eigenvalue weighted by atomic mass is 9.84. The highest BCUT2D eigenvalue weighted by molar-refractivity contribution is 8.00. The molecule has 0 saturated carbocycles. The van der Waals surface area contributed by atoms with Crippen LogP contribution in [-0.2, 0) is 62.1 Å². The molecule has 0 saturated heterocycles. The number of ether oxygens (including phenoxy) is 3. The average Bonchev–Trinajstić information content (AvgIpc) is 3.34. The number of thioether (sulfide) groups is 2. The van der Waals surface area contributed by atoms with Gasteiger partial charge in [0.25, 0.3) is 0 Å². The molecule has 404 valence electrons. The summed E-state index contributed by atoms with van der Waals surface area (Å²) in [4.78, 5) is 121. The summed E-state index contributed by atoms with van der Waals surface area (Å²) in [6.07, 6.45) is 1.37. The molecule has 0 spiro atoms. The van der Waals surface area contributed by atoms with Gasteiger partial charge in [0.1, 0.15) is 41.4 Å². The van der Waals surface area contributed by atoms with Gasteiger partial charge in [0.15, 0.2) is 0 Å². The Balaban J connectivity index is 2.11. The lowest BCUT2D eigenvalue weighted by Crippen LogP contribution is -2.58. The molecule has 5 atom stereocenters. The molecule has 3 rings (SSSR count). The number of esters is 3. The highest BCUT2D eigenvalue weighted by Gasteiger charge is 2.40. The Bertz CT molecular complexity index is 2230. The maximum atomic E-state index is 14.9. The van der Waals surface area contributed by atoms with E-state index in [1.807, 2.05) is 111 Å². The van der Waals surface area contributed by atoms with Crippen LogP contribution in [0.1, 0.15) is 104 Å². The zero-order valence-corrected chi connectivity index (χ0v) is 45.7. The zero-order chi connectivity index (χ0) is 55.1. The van der Waals surface area contributed by atoms with Gasteiger partial charge in [-0.25, -0.2) is 4.79 Å². The Kier molecular flexibility index (Phi) is 25.2. The third-order valence-corrected chi connectivity index (χ3v) is 13.2. The van der Waals surface area contributed by atoms with E-state index in [0.29, 0.717) is 12.2 Å². The first-order valence-corrected chi connectivity index (χ1v) is 26.8. The molecule has 6 amide bonds. The van der Waals surface area contributed by atoms with Crippen LogP contribution in [0.5, 0.6) is 0 Å². The second-order valence-electron chi connectivity index (χ2n) is 19.8. The number of carbonyl (C=O) groups is 9. The van der Waals surface area contributed by atoms with E-state index in [0.717, 1.165) is 16.7 Å². The summed E-state index contributed by atoms with van der Waals surface area (Å²) in [6, 6.07) is 22.1. The Morgan fingerprint density at radius 2 is 1.07 bits per heavy atom. The summed E-state index contributed by atoms with van der Waals surface area (Å²) in [5, 5.41) is 15.5. The third-order valence-electron chi connectivity index (χ3n) is 10.9. The number of methoxy groups -OCH3 is 1. The van der Waals surface area contributed by atoms with Crippen LogP contribution in [0.4, 0.5) is 0 Å². The smallest absolute Gasteiger partial charge is 0.328 e. The van der Waals surface area contributed by atoms with E-state index in [1.54, 1.807) is 41.5 Å². The molecule has 0 aliphatic heterocycles. The van der Waals surface area contributed by atoms with Gasteiger partial charge in [-0.05, 0) is 95.4 Å². The van der Waals surface area contributed by atoms with Crippen LogP contribution < -0.4 is 31.9 Å². The highest BCUT2D eigenvalue weighted by atomic mass is 32.2. The van der Waals surface area contributed by atoms with Gasteiger partial charge in [-0.3, -0.25) is 38.4 Å². The van der Waals surface area contributed by atoms with Crippen LogP contribution in [0.15, 0.2) is 91.0 Å². The molecule has 0 aromatic heterocycles. The average molecular weight is 1060 g/mol. The van der Waals surface area contributed by atoms with Crippen molar-refractivity contribution in [3.8, 4) is 0 Å². The molecule has 0 aliphatic carbocycles. The van der Waals surface area contributed by atoms with Crippen molar-refractivity contribution < 1.29 is 57.4 Å². The number of hydrogen-bond acceptors (Lipinski definition) is 14. The molecule has 3 aromatic carbocycles. The Morgan fingerprint density at radius 3 is 1.54 bits per heavy atom. The van der Waals surface area contributed by atoms with Gasteiger partial charge < -0.3 is 46.1 Å². The largest absolute Gasteiger partial charge is 0.467 e. The number of rotatable bonds is 29. The van der Waals surface area contributed by atoms with Crippen LogP contribution in [0.3, 0.4) is 0 Å².